The first-order valence-electron chi connectivity index (χ1n) is 11.6. The molecule has 6 N–H and O–H groups in total. The second-order valence-electron chi connectivity index (χ2n) is 8.39. The monoisotopic (exact) mass is 530 g/mol. The summed E-state index contributed by atoms with van der Waals surface area (Å²) in [7, 11) is 1.86. The van der Waals surface area contributed by atoms with Crippen molar-refractivity contribution >= 4 is 30.5 Å². The third-order valence-electron chi connectivity index (χ3n) is 5.46. The predicted octanol–water partition coefficient (Wildman–Crippen LogP) is -0.561. The Balaban J connectivity index is 2.21. The van der Waals surface area contributed by atoms with E-state index < -0.39 is 53.8 Å². The van der Waals surface area contributed by atoms with E-state index in [0.717, 1.165) is 25.8 Å². The number of aliphatic hydroxyl groups excluding tert-OH is 3. The van der Waals surface area contributed by atoms with Gasteiger partial charge in [0, 0.05) is 6.54 Å². The lowest BCUT2D eigenvalue weighted by atomic mass is 9.99. The highest BCUT2D eigenvalue weighted by Gasteiger charge is 2.48. The molecule has 1 aromatic carbocycles. The molecule has 0 radical (unpaired) electrons. The summed E-state index contributed by atoms with van der Waals surface area (Å²) in [6.07, 6.45) is -6.51. The van der Waals surface area contributed by atoms with Crippen molar-refractivity contribution in [2.24, 2.45) is 0 Å². The summed E-state index contributed by atoms with van der Waals surface area (Å²) in [6, 6.07) is 4.31. The number of carbonyl (C=O) groups excluding carboxylic acids is 2. The van der Waals surface area contributed by atoms with Crippen molar-refractivity contribution in [3.8, 4) is 5.75 Å². The van der Waals surface area contributed by atoms with Crippen LogP contribution >= 0.6 is 12.6 Å². The maximum Gasteiger partial charge on any atom is 0.335 e. The second-order valence-corrected chi connectivity index (χ2v) is 9.16. The molecule has 0 spiro atoms. The van der Waals surface area contributed by atoms with Crippen LogP contribution in [0, 0.1) is 0 Å². The number of aliphatic carboxylic acids is 1. The smallest absolute Gasteiger partial charge is 0.335 e. The van der Waals surface area contributed by atoms with Gasteiger partial charge in [-0.15, -0.1) is 0 Å². The topological polar surface area (TPSA) is 184 Å². The van der Waals surface area contributed by atoms with Gasteiger partial charge in [-0.25, -0.2) is 4.79 Å². The van der Waals surface area contributed by atoms with Crippen LogP contribution in [0.15, 0.2) is 18.2 Å². The Labute approximate surface area is 214 Å². The van der Waals surface area contributed by atoms with E-state index in [1.807, 2.05) is 7.05 Å². The molecule has 6 atom stereocenters. The Morgan fingerprint density at radius 3 is 2.42 bits per heavy atom. The van der Waals surface area contributed by atoms with Gasteiger partial charge >= 0.3 is 11.9 Å². The molecule has 1 unspecified atom stereocenters. The number of unbranched alkanes of at least 4 members (excludes halogenated alkanes) is 2. The zero-order valence-corrected chi connectivity index (χ0v) is 21.0. The number of rotatable bonds is 13. The molecular formula is C23H34N2O10S. The number of nitrogens with one attached hydrogen (secondary N) is 2. The van der Waals surface area contributed by atoms with Crippen molar-refractivity contribution < 1.29 is 49.0 Å². The Morgan fingerprint density at radius 1 is 1.08 bits per heavy atom. The van der Waals surface area contributed by atoms with Crippen LogP contribution in [0.3, 0.4) is 0 Å². The maximum absolute atomic E-state index is 13.0. The van der Waals surface area contributed by atoms with Gasteiger partial charge in [-0.1, -0.05) is 12.5 Å². The number of hydrogen-bond donors (Lipinski definition) is 7. The Hall–Kier alpha value is -2.42. The third-order valence-corrected chi connectivity index (χ3v) is 5.67. The quantitative estimate of drug-likeness (QED) is 0.0985. The van der Waals surface area contributed by atoms with Gasteiger partial charge in [0.05, 0.1) is 10.8 Å². The summed E-state index contributed by atoms with van der Waals surface area (Å²) in [4.78, 5) is 36.1. The van der Waals surface area contributed by atoms with Crippen molar-refractivity contribution in [3.05, 3.63) is 29.3 Å². The molecule has 1 amide bonds. The number of ether oxygens (including phenoxy) is 3. The van der Waals surface area contributed by atoms with Crippen LogP contribution in [-0.4, -0.2) is 94.4 Å². The summed E-state index contributed by atoms with van der Waals surface area (Å²) < 4.78 is 15.9. The molecule has 36 heavy (non-hydrogen) atoms. The summed E-state index contributed by atoms with van der Waals surface area (Å²) in [5.74, 6) is -2.70. The third kappa shape index (κ3) is 8.32. The number of benzene rings is 1. The number of carbonyl (C=O) groups is 3. The van der Waals surface area contributed by atoms with Gasteiger partial charge in [0.15, 0.2) is 6.10 Å². The zero-order chi connectivity index (χ0) is 26.8. The van der Waals surface area contributed by atoms with Gasteiger partial charge in [0.2, 0.25) is 6.29 Å². The molecule has 0 bridgehead atoms. The van der Waals surface area contributed by atoms with E-state index in [2.05, 4.69) is 23.3 Å². The molecule has 0 saturated carbocycles. The fraction of sp³-hybridized carbons (Fsp3) is 0.609. The number of aliphatic hydroxyl groups is 3. The number of hydrogen-bond acceptors (Lipinski definition) is 11. The first-order valence-corrected chi connectivity index (χ1v) is 12.1. The van der Waals surface area contributed by atoms with E-state index in [4.69, 9.17) is 14.2 Å². The number of carboxylic acid groups (broad SMARTS) is 1. The van der Waals surface area contributed by atoms with Crippen molar-refractivity contribution in [2.75, 3.05) is 20.1 Å². The lowest BCUT2D eigenvalue weighted by Gasteiger charge is -2.38. The van der Waals surface area contributed by atoms with Crippen LogP contribution in [0.5, 0.6) is 5.75 Å². The van der Waals surface area contributed by atoms with E-state index >= 15 is 0 Å². The van der Waals surface area contributed by atoms with Gasteiger partial charge in [0.25, 0.3) is 5.91 Å². The van der Waals surface area contributed by atoms with Gasteiger partial charge in [-0.3, -0.25) is 9.59 Å². The fourth-order valence-corrected chi connectivity index (χ4v) is 3.47. The van der Waals surface area contributed by atoms with Crippen LogP contribution in [0.2, 0.25) is 0 Å². The Bertz CT molecular complexity index is 900. The molecule has 2 rings (SSSR count). The summed E-state index contributed by atoms with van der Waals surface area (Å²) in [5.41, 5.74) is 0.480. The first-order chi connectivity index (χ1) is 17.1. The molecule has 0 aliphatic carbocycles. The molecule has 13 heteroatoms. The fourth-order valence-electron chi connectivity index (χ4n) is 3.40. The molecule has 202 valence electrons. The molecule has 1 saturated heterocycles. The minimum Gasteiger partial charge on any atom is -0.479 e. The molecule has 1 aliphatic heterocycles. The second kappa shape index (κ2) is 14.4. The molecular weight excluding hydrogens is 496 g/mol. The molecule has 1 heterocycles. The molecule has 12 nitrogen and oxygen atoms in total. The lowest BCUT2D eigenvalue weighted by Crippen LogP contribution is -2.61. The van der Waals surface area contributed by atoms with Crippen LogP contribution in [0.1, 0.15) is 42.1 Å². The molecule has 1 fully saturated rings. The van der Waals surface area contributed by atoms with Gasteiger partial charge in [-0.05, 0) is 51.1 Å². The largest absolute Gasteiger partial charge is 0.479 e. The van der Waals surface area contributed by atoms with Crippen molar-refractivity contribution in [1.82, 2.24) is 10.6 Å². The summed E-state index contributed by atoms with van der Waals surface area (Å²) in [6.45, 7) is 2.66. The van der Waals surface area contributed by atoms with E-state index in [0.29, 0.717) is 12.1 Å². The highest BCUT2D eigenvalue weighted by Crippen LogP contribution is 2.28. The minimum absolute atomic E-state index is 0.0148. The average Bonchev–Trinajstić information content (AvgIpc) is 2.84. The molecule has 1 aromatic rings. The van der Waals surface area contributed by atoms with Crippen LogP contribution in [-0.2, 0) is 25.7 Å². The lowest BCUT2D eigenvalue weighted by molar-refractivity contribution is -0.271. The number of thiol groups is 1. The predicted molar refractivity (Wildman–Crippen MR) is 130 cm³/mol. The first kappa shape index (κ1) is 29.8. The SMILES string of the molecule is CNCCCCCNC(=O)c1cc(COC(=O)C(C)S)ccc1O[C@H]1O[C@H](C(=O)O)[C@@H](O)[C@H](O)[C@H]1O. The van der Waals surface area contributed by atoms with Crippen molar-refractivity contribution in [2.45, 2.75) is 68.7 Å². The van der Waals surface area contributed by atoms with Gasteiger partial charge in [-0.2, -0.15) is 12.6 Å². The molecule has 0 aromatic heterocycles. The highest BCUT2D eigenvalue weighted by atomic mass is 32.1. The highest BCUT2D eigenvalue weighted by molar-refractivity contribution is 7.81. The average molecular weight is 531 g/mol. The van der Waals surface area contributed by atoms with E-state index in [1.165, 1.54) is 18.2 Å². The van der Waals surface area contributed by atoms with Crippen LogP contribution in [0.4, 0.5) is 0 Å². The van der Waals surface area contributed by atoms with Gasteiger partial charge in [0.1, 0.15) is 30.7 Å². The van der Waals surface area contributed by atoms with Crippen LogP contribution in [0.25, 0.3) is 0 Å². The van der Waals surface area contributed by atoms with Crippen molar-refractivity contribution in [3.63, 3.8) is 0 Å². The zero-order valence-electron chi connectivity index (χ0n) is 20.1. The standard InChI is InChI=1S/C23H34N2O10S/c1-12(36)22(32)33-11-13-6-7-15(14(10-13)20(29)25-9-5-3-4-8-24-2)34-23-18(28)16(26)17(27)19(35-23)21(30)31/h6-7,10,12,16-19,23-24,26-28,36H,3-5,8-9,11H2,1-2H3,(H,25,29)(H,30,31)/t12?,16-,17-,18+,19-,23-/m0/s1. The van der Waals surface area contributed by atoms with E-state index in [9.17, 15) is 34.8 Å². The molecule has 1 aliphatic rings. The van der Waals surface area contributed by atoms with E-state index in [-0.39, 0.29) is 17.9 Å². The normalized spacial score (nSPS) is 24.6. The Kier molecular flexibility index (Phi) is 11.9. The summed E-state index contributed by atoms with van der Waals surface area (Å²) >= 11 is 4.01. The number of carboxylic acids is 1. The summed E-state index contributed by atoms with van der Waals surface area (Å²) in [5, 5.41) is 44.6. The van der Waals surface area contributed by atoms with E-state index in [1.54, 1.807) is 6.92 Å². The van der Waals surface area contributed by atoms with Crippen LogP contribution < -0.4 is 15.4 Å². The van der Waals surface area contributed by atoms with Gasteiger partial charge < -0.3 is 45.3 Å². The Morgan fingerprint density at radius 2 is 1.78 bits per heavy atom. The number of esters is 1. The van der Waals surface area contributed by atoms with Crippen molar-refractivity contribution in [1.29, 1.82) is 0 Å². The number of amides is 1. The minimum atomic E-state index is -1.88. The maximum atomic E-state index is 13.0.